The fourth-order valence-electron chi connectivity index (χ4n) is 1.66. The van der Waals surface area contributed by atoms with Crippen molar-refractivity contribution in [3.8, 4) is 5.75 Å². The topological polar surface area (TPSA) is 86.6 Å². The zero-order chi connectivity index (χ0) is 15.6. The Labute approximate surface area is 127 Å². The highest BCUT2D eigenvalue weighted by Crippen LogP contribution is 2.23. The van der Waals surface area contributed by atoms with Crippen LogP contribution in [0.15, 0.2) is 40.9 Å². The maximum Gasteiger partial charge on any atom is 0.339 e. The molecule has 2 rings (SSSR count). The third-order valence-corrected chi connectivity index (χ3v) is 3.35. The molecule has 0 fully saturated rings. The Kier molecular flexibility index (Phi) is 4.23. The molecule has 0 aliphatic heterocycles. The van der Waals surface area contributed by atoms with Crippen molar-refractivity contribution in [2.45, 2.75) is 0 Å². The lowest BCUT2D eigenvalue weighted by Gasteiger charge is -2.08. The first kappa shape index (κ1) is 15.0. The number of aromatic hydroxyl groups is 1. The Morgan fingerprint density at radius 2 is 1.81 bits per heavy atom. The van der Waals surface area contributed by atoms with Gasteiger partial charge in [-0.15, -0.1) is 0 Å². The molecule has 21 heavy (non-hydrogen) atoms. The summed E-state index contributed by atoms with van der Waals surface area (Å²) in [5, 5.41) is 20.7. The number of nitrogens with one attached hydrogen (secondary N) is 1. The molecule has 0 atom stereocenters. The lowest BCUT2D eigenvalue weighted by Crippen LogP contribution is -2.13. The van der Waals surface area contributed by atoms with E-state index in [0.717, 1.165) is 18.2 Å². The number of carbonyl (C=O) groups excluding carboxylic acids is 1. The van der Waals surface area contributed by atoms with Crippen LogP contribution >= 0.6 is 15.9 Å². The first-order valence-corrected chi connectivity index (χ1v) is 6.50. The number of hydrogen-bond acceptors (Lipinski definition) is 3. The Bertz CT molecular complexity index is 733. The fraction of sp³-hybridized carbons (Fsp3) is 0. The monoisotopic (exact) mass is 353 g/mol. The van der Waals surface area contributed by atoms with E-state index in [1.54, 1.807) is 0 Å². The van der Waals surface area contributed by atoms with E-state index < -0.39 is 23.4 Å². The van der Waals surface area contributed by atoms with Crippen LogP contribution in [0.25, 0.3) is 0 Å². The van der Waals surface area contributed by atoms with Gasteiger partial charge < -0.3 is 15.5 Å². The van der Waals surface area contributed by atoms with Gasteiger partial charge in [-0.25, -0.2) is 9.18 Å². The third kappa shape index (κ3) is 3.38. The number of carboxylic acids is 1. The van der Waals surface area contributed by atoms with Crippen LogP contribution in [0.2, 0.25) is 0 Å². The van der Waals surface area contributed by atoms with Gasteiger partial charge in [-0.05, 0) is 52.3 Å². The molecule has 0 heterocycles. The minimum absolute atomic E-state index is 0.0694. The summed E-state index contributed by atoms with van der Waals surface area (Å²) in [4.78, 5) is 22.9. The van der Waals surface area contributed by atoms with E-state index in [0.29, 0.717) is 4.47 Å². The van der Waals surface area contributed by atoms with Gasteiger partial charge in [-0.3, -0.25) is 4.79 Å². The molecule has 5 nitrogen and oxygen atoms in total. The number of amides is 1. The highest BCUT2D eigenvalue weighted by Gasteiger charge is 2.14. The molecular weight excluding hydrogens is 345 g/mol. The Hall–Kier alpha value is -2.41. The number of aromatic carboxylic acids is 1. The normalized spacial score (nSPS) is 10.2. The molecular formula is C14H9BrFNO4. The standard InChI is InChI=1S/C14H9BrFNO4/c15-11-3-1-7(16)5-9(11)13(19)17-8-2-4-12(18)10(6-8)14(20)21/h1-6,18H,(H,17,19)(H,20,21). The summed E-state index contributed by atoms with van der Waals surface area (Å²) >= 11 is 3.13. The van der Waals surface area contributed by atoms with Crippen LogP contribution in [-0.2, 0) is 0 Å². The van der Waals surface area contributed by atoms with Crippen LogP contribution in [0.3, 0.4) is 0 Å². The Morgan fingerprint density at radius 1 is 1.10 bits per heavy atom. The van der Waals surface area contributed by atoms with E-state index in [2.05, 4.69) is 21.2 Å². The molecule has 0 aliphatic carbocycles. The van der Waals surface area contributed by atoms with Gasteiger partial charge in [-0.1, -0.05) is 0 Å². The Morgan fingerprint density at radius 3 is 2.48 bits per heavy atom. The molecule has 0 unspecified atom stereocenters. The molecule has 0 saturated carbocycles. The molecule has 2 aromatic carbocycles. The molecule has 0 bridgehead atoms. The molecule has 108 valence electrons. The van der Waals surface area contributed by atoms with E-state index in [1.807, 2.05) is 0 Å². The molecule has 2 aromatic rings. The third-order valence-electron chi connectivity index (χ3n) is 2.66. The van der Waals surface area contributed by atoms with Gasteiger partial charge in [0, 0.05) is 10.2 Å². The average molecular weight is 354 g/mol. The molecule has 1 amide bonds. The first-order valence-electron chi connectivity index (χ1n) is 5.71. The molecule has 0 aromatic heterocycles. The Balaban J connectivity index is 2.29. The van der Waals surface area contributed by atoms with Crippen molar-refractivity contribution in [1.82, 2.24) is 0 Å². The van der Waals surface area contributed by atoms with Gasteiger partial charge in [0.25, 0.3) is 5.91 Å². The van der Waals surface area contributed by atoms with E-state index in [1.165, 1.54) is 18.2 Å². The molecule has 3 N–H and O–H groups in total. The van der Waals surface area contributed by atoms with Crippen LogP contribution in [0.1, 0.15) is 20.7 Å². The van der Waals surface area contributed by atoms with Gasteiger partial charge >= 0.3 is 5.97 Å². The van der Waals surface area contributed by atoms with Gasteiger partial charge in [0.15, 0.2) is 0 Å². The fourth-order valence-corrected chi connectivity index (χ4v) is 2.08. The van der Waals surface area contributed by atoms with E-state index in [9.17, 15) is 19.1 Å². The lowest BCUT2D eigenvalue weighted by atomic mass is 10.1. The molecule has 0 aliphatic rings. The minimum atomic E-state index is -1.32. The van der Waals surface area contributed by atoms with Crippen LogP contribution in [-0.4, -0.2) is 22.1 Å². The lowest BCUT2D eigenvalue weighted by molar-refractivity contribution is 0.0693. The second kappa shape index (κ2) is 5.92. The largest absolute Gasteiger partial charge is 0.507 e. The number of anilines is 1. The number of benzene rings is 2. The van der Waals surface area contributed by atoms with Crippen molar-refractivity contribution >= 4 is 33.5 Å². The highest BCUT2D eigenvalue weighted by atomic mass is 79.9. The van der Waals surface area contributed by atoms with Crippen molar-refractivity contribution in [2.24, 2.45) is 0 Å². The zero-order valence-corrected chi connectivity index (χ0v) is 12.0. The van der Waals surface area contributed by atoms with Gasteiger partial charge in [-0.2, -0.15) is 0 Å². The zero-order valence-electron chi connectivity index (χ0n) is 10.4. The van der Waals surface area contributed by atoms with E-state index >= 15 is 0 Å². The van der Waals surface area contributed by atoms with Gasteiger partial charge in [0.05, 0.1) is 5.56 Å². The SMILES string of the molecule is O=C(O)c1cc(NC(=O)c2cc(F)ccc2Br)ccc1O. The van der Waals surface area contributed by atoms with E-state index in [4.69, 9.17) is 5.11 Å². The molecule has 0 saturated heterocycles. The number of halogens is 2. The van der Waals surface area contributed by atoms with Crippen molar-refractivity contribution in [1.29, 1.82) is 0 Å². The van der Waals surface area contributed by atoms with E-state index in [-0.39, 0.29) is 16.8 Å². The summed E-state index contributed by atoms with van der Waals surface area (Å²) in [7, 11) is 0. The summed E-state index contributed by atoms with van der Waals surface area (Å²) in [6, 6.07) is 7.25. The number of carbonyl (C=O) groups is 2. The highest BCUT2D eigenvalue weighted by molar-refractivity contribution is 9.10. The number of hydrogen-bond donors (Lipinski definition) is 3. The number of carboxylic acid groups (broad SMARTS) is 1. The van der Waals surface area contributed by atoms with Crippen molar-refractivity contribution in [3.05, 3.63) is 57.8 Å². The van der Waals surface area contributed by atoms with Gasteiger partial charge in [0.2, 0.25) is 0 Å². The quantitative estimate of drug-likeness (QED) is 0.739. The summed E-state index contributed by atoms with van der Waals surface area (Å²) in [5.74, 6) is -2.91. The van der Waals surface area contributed by atoms with Crippen LogP contribution < -0.4 is 5.32 Å². The van der Waals surface area contributed by atoms with Crippen LogP contribution in [0.5, 0.6) is 5.75 Å². The molecule has 7 heteroatoms. The molecule has 0 radical (unpaired) electrons. The second-order valence-electron chi connectivity index (χ2n) is 4.12. The number of rotatable bonds is 3. The maximum absolute atomic E-state index is 13.2. The van der Waals surface area contributed by atoms with Crippen molar-refractivity contribution in [3.63, 3.8) is 0 Å². The van der Waals surface area contributed by atoms with Crippen molar-refractivity contribution < 1.29 is 24.2 Å². The minimum Gasteiger partial charge on any atom is -0.507 e. The average Bonchev–Trinajstić information content (AvgIpc) is 2.43. The second-order valence-corrected chi connectivity index (χ2v) is 4.97. The van der Waals surface area contributed by atoms with Crippen molar-refractivity contribution in [2.75, 3.05) is 5.32 Å². The van der Waals surface area contributed by atoms with Gasteiger partial charge in [0.1, 0.15) is 17.1 Å². The van der Waals surface area contributed by atoms with Crippen LogP contribution in [0.4, 0.5) is 10.1 Å². The smallest absolute Gasteiger partial charge is 0.339 e. The number of phenols is 1. The maximum atomic E-state index is 13.2. The summed E-state index contributed by atoms with van der Waals surface area (Å²) < 4.78 is 13.6. The predicted molar refractivity (Wildman–Crippen MR) is 77.1 cm³/mol. The summed E-state index contributed by atoms with van der Waals surface area (Å²) in [6.45, 7) is 0. The van der Waals surface area contributed by atoms with Crippen LogP contribution in [0, 0.1) is 5.82 Å². The first-order chi connectivity index (χ1) is 9.88. The summed E-state index contributed by atoms with van der Waals surface area (Å²) in [5.41, 5.74) is -0.0996. The summed E-state index contributed by atoms with van der Waals surface area (Å²) in [6.07, 6.45) is 0. The molecule has 0 spiro atoms. The predicted octanol–water partition coefficient (Wildman–Crippen LogP) is 3.24.